The van der Waals surface area contributed by atoms with Crippen molar-refractivity contribution in [1.82, 2.24) is 0 Å². The molecule has 1 aromatic rings. The van der Waals surface area contributed by atoms with E-state index in [0.717, 1.165) is 17.2 Å². The van der Waals surface area contributed by atoms with E-state index in [2.05, 4.69) is 31.7 Å². The molecule has 0 saturated carbocycles. The van der Waals surface area contributed by atoms with Crippen molar-refractivity contribution in [3.8, 4) is 0 Å². The van der Waals surface area contributed by atoms with E-state index in [1.807, 2.05) is 12.1 Å². The Morgan fingerprint density at radius 3 is 2.42 bits per heavy atom. The van der Waals surface area contributed by atoms with Crippen molar-refractivity contribution in [3.63, 3.8) is 0 Å². The molecule has 0 aliphatic heterocycles. The molecule has 0 heterocycles. The lowest BCUT2D eigenvalue weighted by molar-refractivity contribution is 0.742. The van der Waals surface area contributed by atoms with Gasteiger partial charge in [-0.15, -0.1) is 0 Å². The summed E-state index contributed by atoms with van der Waals surface area (Å²) in [6.07, 6.45) is 1.12. The highest BCUT2D eigenvalue weighted by Gasteiger charge is 2.02. The number of benzene rings is 1. The van der Waals surface area contributed by atoms with Crippen LogP contribution in [-0.4, -0.2) is 5.75 Å². The Kier molecular flexibility index (Phi) is 3.96. The monoisotopic (exact) mass is 200 g/mol. The van der Waals surface area contributed by atoms with Crippen molar-refractivity contribution in [2.75, 3.05) is 5.75 Å². The lowest BCUT2D eigenvalue weighted by Gasteiger charge is -2.09. The maximum absolute atomic E-state index is 5.78. The second-order valence-electron chi connectivity index (χ2n) is 2.96. The number of thiol groups is 1. The quantitative estimate of drug-likeness (QED) is 0.706. The molecule has 0 spiro atoms. The lowest BCUT2D eigenvalue weighted by atomic mass is 9.99. The van der Waals surface area contributed by atoms with Gasteiger partial charge in [-0.2, -0.15) is 12.6 Å². The van der Waals surface area contributed by atoms with E-state index < -0.39 is 0 Å². The van der Waals surface area contributed by atoms with Crippen LogP contribution >= 0.6 is 24.2 Å². The van der Waals surface area contributed by atoms with E-state index in [-0.39, 0.29) is 0 Å². The summed E-state index contributed by atoms with van der Waals surface area (Å²) in [7, 11) is 0. The van der Waals surface area contributed by atoms with Crippen molar-refractivity contribution in [3.05, 3.63) is 34.9 Å². The van der Waals surface area contributed by atoms with E-state index in [0.29, 0.717) is 5.92 Å². The van der Waals surface area contributed by atoms with Crippen molar-refractivity contribution in [1.29, 1.82) is 0 Å². The van der Waals surface area contributed by atoms with Gasteiger partial charge in [-0.1, -0.05) is 30.7 Å². The van der Waals surface area contributed by atoms with Crippen molar-refractivity contribution < 1.29 is 0 Å². The molecule has 0 nitrogen and oxygen atoms in total. The highest BCUT2D eigenvalue weighted by Crippen LogP contribution is 2.20. The standard InChI is InChI=1S/C10H13ClS/c1-8(6-7-12)9-2-4-10(11)5-3-9/h2-5,8,12H,6-7H2,1H3. The van der Waals surface area contributed by atoms with Crippen LogP contribution in [-0.2, 0) is 0 Å². The maximum Gasteiger partial charge on any atom is 0.0406 e. The zero-order valence-corrected chi connectivity index (χ0v) is 8.78. The number of rotatable bonds is 3. The summed E-state index contributed by atoms with van der Waals surface area (Å²) in [6, 6.07) is 8.03. The van der Waals surface area contributed by atoms with E-state index in [1.54, 1.807) is 0 Å². The average Bonchev–Trinajstić information content (AvgIpc) is 2.06. The molecule has 1 aromatic carbocycles. The first-order valence-electron chi connectivity index (χ1n) is 4.10. The number of hydrogen-bond donors (Lipinski definition) is 1. The Balaban J connectivity index is 2.68. The third-order valence-corrected chi connectivity index (χ3v) is 2.51. The van der Waals surface area contributed by atoms with Crippen LogP contribution < -0.4 is 0 Å². The minimum absolute atomic E-state index is 0.583. The Morgan fingerprint density at radius 1 is 1.33 bits per heavy atom. The van der Waals surface area contributed by atoms with E-state index in [9.17, 15) is 0 Å². The van der Waals surface area contributed by atoms with Gasteiger partial charge in [0.05, 0.1) is 0 Å². The van der Waals surface area contributed by atoms with E-state index >= 15 is 0 Å². The lowest BCUT2D eigenvalue weighted by Crippen LogP contribution is -1.93. The first-order valence-corrected chi connectivity index (χ1v) is 5.11. The molecule has 0 aliphatic carbocycles. The van der Waals surface area contributed by atoms with Crippen LogP contribution in [0.2, 0.25) is 5.02 Å². The molecule has 0 N–H and O–H groups in total. The number of halogens is 1. The third-order valence-electron chi connectivity index (χ3n) is 2.00. The topological polar surface area (TPSA) is 0 Å². The van der Waals surface area contributed by atoms with Gasteiger partial charge in [0.2, 0.25) is 0 Å². The minimum Gasteiger partial charge on any atom is -0.179 e. The van der Waals surface area contributed by atoms with Gasteiger partial charge < -0.3 is 0 Å². The molecule has 0 radical (unpaired) electrons. The highest BCUT2D eigenvalue weighted by atomic mass is 35.5. The maximum atomic E-state index is 5.78. The summed E-state index contributed by atoms with van der Waals surface area (Å²) in [4.78, 5) is 0. The van der Waals surface area contributed by atoms with Crippen LogP contribution in [0.3, 0.4) is 0 Å². The van der Waals surface area contributed by atoms with Gasteiger partial charge in [0.25, 0.3) is 0 Å². The van der Waals surface area contributed by atoms with Gasteiger partial charge in [-0.05, 0) is 35.8 Å². The van der Waals surface area contributed by atoms with Crippen molar-refractivity contribution >= 4 is 24.2 Å². The molecular weight excluding hydrogens is 188 g/mol. The summed E-state index contributed by atoms with van der Waals surface area (Å²) in [5.41, 5.74) is 1.34. The van der Waals surface area contributed by atoms with Crippen LogP contribution in [0.25, 0.3) is 0 Å². The van der Waals surface area contributed by atoms with Crippen LogP contribution in [0.4, 0.5) is 0 Å². The first kappa shape index (κ1) is 9.94. The third kappa shape index (κ3) is 2.72. The van der Waals surface area contributed by atoms with E-state index in [4.69, 9.17) is 11.6 Å². The highest BCUT2D eigenvalue weighted by molar-refractivity contribution is 7.80. The minimum atomic E-state index is 0.583. The van der Waals surface area contributed by atoms with Gasteiger partial charge in [0.1, 0.15) is 0 Å². The van der Waals surface area contributed by atoms with Crippen LogP contribution in [0, 0.1) is 0 Å². The fourth-order valence-electron chi connectivity index (χ4n) is 1.15. The van der Waals surface area contributed by atoms with Gasteiger partial charge in [0.15, 0.2) is 0 Å². The smallest absolute Gasteiger partial charge is 0.0406 e. The predicted molar refractivity (Wildman–Crippen MR) is 58.3 cm³/mol. The molecule has 0 saturated heterocycles. The predicted octanol–water partition coefficient (Wildman–Crippen LogP) is 3.76. The molecule has 0 bridgehead atoms. The molecule has 0 amide bonds. The molecule has 1 atom stereocenters. The fourth-order valence-corrected chi connectivity index (χ4v) is 1.66. The van der Waals surface area contributed by atoms with Gasteiger partial charge in [-0.3, -0.25) is 0 Å². The van der Waals surface area contributed by atoms with Crippen LogP contribution in [0.5, 0.6) is 0 Å². The average molecular weight is 201 g/mol. The normalized spacial score (nSPS) is 12.9. The summed E-state index contributed by atoms with van der Waals surface area (Å²) in [5, 5.41) is 0.803. The summed E-state index contributed by atoms with van der Waals surface area (Å²) in [6.45, 7) is 2.21. The molecule has 2 heteroatoms. The molecule has 1 rings (SSSR count). The van der Waals surface area contributed by atoms with Gasteiger partial charge in [0, 0.05) is 5.02 Å². The molecule has 0 aliphatic rings. The summed E-state index contributed by atoms with van der Waals surface area (Å²) in [5.74, 6) is 1.52. The molecule has 12 heavy (non-hydrogen) atoms. The Hall–Kier alpha value is -0.140. The number of hydrogen-bond acceptors (Lipinski definition) is 1. The molecular formula is C10H13ClS. The molecule has 66 valence electrons. The van der Waals surface area contributed by atoms with Crippen LogP contribution in [0.15, 0.2) is 24.3 Å². The first-order chi connectivity index (χ1) is 5.74. The summed E-state index contributed by atoms with van der Waals surface area (Å²) >= 11 is 9.98. The zero-order chi connectivity index (χ0) is 8.97. The van der Waals surface area contributed by atoms with Gasteiger partial charge >= 0.3 is 0 Å². The Morgan fingerprint density at radius 2 is 1.92 bits per heavy atom. The zero-order valence-electron chi connectivity index (χ0n) is 7.13. The molecule has 1 unspecified atom stereocenters. The second kappa shape index (κ2) is 4.78. The summed E-state index contributed by atoms with van der Waals surface area (Å²) < 4.78 is 0. The van der Waals surface area contributed by atoms with Gasteiger partial charge in [-0.25, -0.2) is 0 Å². The molecule has 0 aromatic heterocycles. The van der Waals surface area contributed by atoms with Crippen molar-refractivity contribution in [2.45, 2.75) is 19.3 Å². The largest absolute Gasteiger partial charge is 0.179 e. The van der Waals surface area contributed by atoms with E-state index in [1.165, 1.54) is 5.56 Å². The second-order valence-corrected chi connectivity index (χ2v) is 3.85. The Labute approximate surface area is 84.3 Å². The SMILES string of the molecule is CC(CCS)c1ccc(Cl)cc1. The Bertz CT molecular complexity index is 230. The fraction of sp³-hybridized carbons (Fsp3) is 0.400. The molecule has 0 fully saturated rings. The van der Waals surface area contributed by atoms with Crippen molar-refractivity contribution in [2.24, 2.45) is 0 Å². The van der Waals surface area contributed by atoms with Crippen LogP contribution in [0.1, 0.15) is 24.8 Å².